The number of benzene rings is 1. The second kappa shape index (κ2) is 5.46. The van der Waals surface area contributed by atoms with Gasteiger partial charge in [0.2, 0.25) is 0 Å². The summed E-state index contributed by atoms with van der Waals surface area (Å²) < 4.78 is 0. The standard InChI is InChI=1S/C13H18N4O3/c1-2-13(7-4-8-13)15-12(18)9-5-3-6-10(16-14)11(9)17(19)20/h3,5-6,16H,2,4,7-8,14H2,1H3,(H,15,18). The first-order valence-corrected chi connectivity index (χ1v) is 6.59. The van der Waals surface area contributed by atoms with E-state index >= 15 is 0 Å². The van der Waals surface area contributed by atoms with Crippen molar-refractivity contribution >= 4 is 17.3 Å². The first kappa shape index (κ1) is 14.3. The molecule has 0 saturated heterocycles. The van der Waals surface area contributed by atoms with E-state index in [9.17, 15) is 14.9 Å². The van der Waals surface area contributed by atoms with E-state index in [-0.39, 0.29) is 22.5 Å². The van der Waals surface area contributed by atoms with E-state index in [4.69, 9.17) is 5.84 Å². The minimum absolute atomic E-state index is 0.0326. The zero-order valence-electron chi connectivity index (χ0n) is 11.3. The maximum atomic E-state index is 12.3. The van der Waals surface area contributed by atoms with Crippen LogP contribution in [0.15, 0.2) is 18.2 Å². The maximum absolute atomic E-state index is 12.3. The molecule has 4 N–H and O–H groups in total. The summed E-state index contributed by atoms with van der Waals surface area (Å²) in [5.41, 5.74) is 1.91. The normalized spacial score (nSPS) is 16.1. The summed E-state index contributed by atoms with van der Waals surface area (Å²) in [6, 6.07) is 4.47. The summed E-state index contributed by atoms with van der Waals surface area (Å²) in [4.78, 5) is 22.9. The molecule has 1 aliphatic rings. The van der Waals surface area contributed by atoms with Crippen molar-refractivity contribution in [2.75, 3.05) is 5.43 Å². The highest BCUT2D eigenvalue weighted by Gasteiger charge is 2.38. The molecule has 7 nitrogen and oxygen atoms in total. The van der Waals surface area contributed by atoms with Crippen LogP contribution in [0, 0.1) is 10.1 Å². The van der Waals surface area contributed by atoms with E-state index in [0.29, 0.717) is 0 Å². The van der Waals surface area contributed by atoms with Crippen LogP contribution in [0.2, 0.25) is 0 Å². The molecule has 0 aliphatic heterocycles. The molecule has 0 radical (unpaired) electrons. The molecule has 0 heterocycles. The van der Waals surface area contributed by atoms with Gasteiger partial charge in [0.1, 0.15) is 11.3 Å². The molecule has 1 fully saturated rings. The van der Waals surface area contributed by atoms with Crippen molar-refractivity contribution in [1.29, 1.82) is 0 Å². The molecule has 1 amide bonds. The van der Waals surface area contributed by atoms with E-state index < -0.39 is 10.8 Å². The lowest BCUT2D eigenvalue weighted by atomic mass is 9.74. The topological polar surface area (TPSA) is 110 Å². The second-order valence-corrected chi connectivity index (χ2v) is 5.04. The largest absolute Gasteiger partial charge is 0.346 e. The van der Waals surface area contributed by atoms with E-state index in [2.05, 4.69) is 10.7 Å². The second-order valence-electron chi connectivity index (χ2n) is 5.04. The number of amides is 1. The number of para-hydroxylation sites is 1. The van der Waals surface area contributed by atoms with E-state index in [1.54, 1.807) is 6.07 Å². The van der Waals surface area contributed by atoms with Crippen LogP contribution < -0.4 is 16.6 Å². The molecule has 1 saturated carbocycles. The fraction of sp³-hybridized carbons (Fsp3) is 0.462. The van der Waals surface area contributed by atoms with E-state index in [0.717, 1.165) is 25.7 Å². The van der Waals surface area contributed by atoms with Crippen molar-refractivity contribution < 1.29 is 9.72 Å². The Morgan fingerprint density at radius 3 is 2.65 bits per heavy atom. The van der Waals surface area contributed by atoms with Crippen LogP contribution in [0.1, 0.15) is 43.0 Å². The van der Waals surface area contributed by atoms with Crippen LogP contribution >= 0.6 is 0 Å². The third-order valence-electron chi connectivity index (χ3n) is 3.98. The molecule has 0 unspecified atom stereocenters. The lowest BCUT2D eigenvalue weighted by Gasteiger charge is -2.42. The Bertz CT molecular complexity index is 535. The zero-order valence-corrected chi connectivity index (χ0v) is 11.3. The van der Waals surface area contributed by atoms with Gasteiger partial charge in [0.15, 0.2) is 0 Å². The summed E-state index contributed by atoms with van der Waals surface area (Å²) in [7, 11) is 0. The molecule has 108 valence electrons. The Morgan fingerprint density at radius 2 is 2.20 bits per heavy atom. The Kier molecular flexibility index (Phi) is 3.89. The number of nitro benzene ring substituents is 1. The molecule has 0 aromatic heterocycles. The number of nitro groups is 1. The third-order valence-corrected chi connectivity index (χ3v) is 3.98. The number of nitrogen functional groups attached to an aromatic ring is 1. The minimum Gasteiger partial charge on any atom is -0.346 e. The zero-order chi connectivity index (χ0) is 14.8. The molecule has 0 bridgehead atoms. The smallest absolute Gasteiger partial charge is 0.306 e. The Hall–Kier alpha value is -2.15. The van der Waals surface area contributed by atoms with Crippen LogP contribution in [-0.2, 0) is 0 Å². The fourth-order valence-electron chi connectivity index (χ4n) is 2.52. The molecule has 0 atom stereocenters. The minimum atomic E-state index is -0.594. The number of carbonyl (C=O) groups excluding carboxylic acids is 1. The Labute approximate surface area is 116 Å². The average Bonchev–Trinajstić information content (AvgIpc) is 2.41. The van der Waals surface area contributed by atoms with Gasteiger partial charge in [0, 0.05) is 5.54 Å². The quantitative estimate of drug-likeness (QED) is 0.433. The van der Waals surface area contributed by atoms with Crippen molar-refractivity contribution in [3.8, 4) is 0 Å². The van der Waals surface area contributed by atoms with Gasteiger partial charge in [-0.2, -0.15) is 0 Å². The van der Waals surface area contributed by atoms with Gasteiger partial charge in [-0.3, -0.25) is 20.8 Å². The molecular weight excluding hydrogens is 260 g/mol. The SMILES string of the molecule is CCC1(NC(=O)c2cccc(NN)c2[N+](=O)[O-])CCC1. The first-order valence-electron chi connectivity index (χ1n) is 6.59. The summed E-state index contributed by atoms with van der Waals surface area (Å²) in [6.45, 7) is 2.01. The molecule has 0 spiro atoms. The molecule has 1 aromatic rings. The Morgan fingerprint density at radius 1 is 1.50 bits per heavy atom. The highest BCUT2D eigenvalue weighted by Crippen LogP contribution is 2.36. The summed E-state index contributed by atoms with van der Waals surface area (Å²) in [5.74, 6) is 4.84. The van der Waals surface area contributed by atoms with Gasteiger partial charge in [0.05, 0.1) is 4.92 Å². The Balaban J connectivity index is 2.32. The average molecular weight is 278 g/mol. The highest BCUT2D eigenvalue weighted by atomic mass is 16.6. The summed E-state index contributed by atoms with van der Waals surface area (Å²) >= 11 is 0. The number of hydrogen-bond acceptors (Lipinski definition) is 5. The number of anilines is 1. The first-order chi connectivity index (χ1) is 9.53. The lowest BCUT2D eigenvalue weighted by molar-refractivity contribution is -0.384. The number of nitrogens with one attached hydrogen (secondary N) is 2. The maximum Gasteiger partial charge on any atom is 0.306 e. The van der Waals surface area contributed by atoms with E-state index in [1.165, 1.54) is 12.1 Å². The molecule has 1 aliphatic carbocycles. The molecule has 20 heavy (non-hydrogen) atoms. The predicted octanol–water partition coefficient (Wildman–Crippen LogP) is 1.94. The van der Waals surface area contributed by atoms with Crippen LogP contribution in [0.3, 0.4) is 0 Å². The van der Waals surface area contributed by atoms with Crippen molar-refractivity contribution in [3.05, 3.63) is 33.9 Å². The lowest BCUT2D eigenvalue weighted by Crippen LogP contribution is -2.53. The van der Waals surface area contributed by atoms with Crippen LogP contribution in [0.5, 0.6) is 0 Å². The van der Waals surface area contributed by atoms with E-state index in [1.807, 2.05) is 6.92 Å². The molecular formula is C13H18N4O3. The van der Waals surface area contributed by atoms with Gasteiger partial charge in [0.25, 0.3) is 5.91 Å². The summed E-state index contributed by atoms with van der Waals surface area (Å²) in [6.07, 6.45) is 3.72. The van der Waals surface area contributed by atoms with Crippen molar-refractivity contribution in [2.45, 2.75) is 38.1 Å². The number of hydrazine groups is 1. The number of rotatable bonds is 5. The van der Waals surface area contributed by atoms with Gasteiger partial charge >= 0.3 is 5.69 Å². The van der Waals surface area contributed by atoms with Gasteiger partial charge < -0.3 is 10.7 Å². The number of hydrogen-bond donors (Lipinski definition) is 3. The highest BCUT2D eigenvalue weighted by molar-refractivity contribution is 6.00. The molecule has 7 heteroatoms. The molecule has 2 rings (SSSR count). The van der Waals surface area contributed by atoms with Crippen LogP contribution in [0.4, 0.5) is 11.4 Å². The van der Waals surface area contributed by atoms with Crippen molar-refractivity contribution in [2.24, 2.45) is 5.84 Å². The van der Waals surface area contributed by atoms with Crippen LogP contribution in [0.25, 0.3) is 0 Å². The van der Waals surface area contributed by atoms with Gasteiger partial charge in [-0.1, -0.05) is 13.0 Å². The van der Waals surface area contributed by atoms with Gasteiger partial charge in [-0.15, -0.1) is 0 Å². The van der Waals surface area contributed by atoms with Crippen molar-refractivity contribution in [1.82, 2.24) is 5.32 Å². The third kappa shape index (κ3) is 2.44. The van der Waals surface area contributed by atoms with Gasteiger partial charge in [-0.25, -0.2) is 0 Å². The summed E-state index contributed by atoms with van der Waals surface area (Å²) in [5, 5.41) is 14.1. The number of nitrogens with zero attached hydrogens (tertiary/aromatic N) is 1. The monoisotopic (exact) mass is 278 g/mol. The fourth-order valence-corrected chi connectivity index (χ4v) is 2.52. The van der Waals surface area contributed by atoms with Crippen molar-refractivity contribution in [3.63, 3.8) is 0 Å². The molecule has 1 aromatic carbocycles. The number of carbonyl (C=O) groups is 1. The number of nitrogens with two attached hydrogens (primary N) is 1. The van der Waals surface area contributed by atoms with Crippen LogP contribution in [-0.4, -0.2) is 16.4 Å². The predicted molar refractivity (Wildman–Crippen MR) is 75.2 cm³/mol. The van der Waals surface area contributed by atoms with Gasteiger partial charge in [-0.05, 0) is 37.8 Å².